The van der Waals surface area contributed by atoms with Crippen LogP contribution in [0.15, 0.2) is 30.5 Å². The van der Waals surface area contributed by atoms with E-state index in [4.69, 9.17) is 0 Å². The van der Waals surface area contributed by atoms with Gasteiger partial charge in [-0.2, -0.15) is 4.39 Å². The molecule has 0 radical (unpaired) electrons. The van der Waals surface area contributed by atoms with Crippen molar-refractivity contribution in [3.8, 4) is 0 Å². The van der Waals surface area contributed by atoms with Gasteiger partial charge in [0.15, 0.2) is 5.82 Å². The van der Waals surface area contributed by atoms with Gasteiger partial charge in [0.1, 0.15) is 17.9 Å². The van der Waals surface area contributed by atoms with E-state index in [1.54, 1.807) is 16.8 Å². The molecular weight excluding hydrogens is 418 g/mol. The molecule has 0 atom stereocenters. The van der Waals surface area contributed by atoms with Crippen LogP contribution < -0.4 is 15.5 Å². The standard InChI is InChI=1S/C22H22F2N6O2/c1-25-22(32)15-2-3-16(21(24)26-15)29-8-6-28(7-9-29)11-14-10-13-4-5-30-12-17(31)27-19(18(14)23)20(13)30/h2-5,10H,6-9,11-12H2,1H3,(H,25,32)(H,27,31). The molecule has 10 heteroatoms. The van der Waals surface area contributed by atoms with E-state index in [2.05, 4.69) is 20.5 Å². The molecule has 1 saturated heterocycles. The second-order valence-electron chi connectivity index (χ2n) is 8.00. The van der Waals surface area contributed by atoms with Crippen molar-refractivity contribution in [3.63, 3.8) is 0 Å². The molecule has 2 amide bonds. The monoisotopic (exact) mass is 440 g/mol. The van der Waals surface area contributed by atoms with Crippen LogP contribution in [0.25, 0.3) is 10.9 Å². The molecule has 0 aliphatic carbocycles. The largest absolute Gasteiger partial charge is 0.365 e. The van der Waals surface area contributed by atoms with E-state index in [0.717, 1.165) is 5.39 Å². The highest BCUT2D eigenvalue weighted by Gasteiger charge is 2.26. The molecule has 2 aromatic heterocycles. The summed E-state index contributed by atoms with van der Waals surface area (Å²) in [5.41, 5.74) is 1.84. The normalized spacial score (nSPS) is 16.3. The fourth-order valence-corrected chi connectivity index (χ4v) is 4.41. The highest BCUT2D eigenvalue weighted by molar-refractivity contribution is 6.05. The first-order valence-electron chi connectivity index (χ1n) is 10.4. The van der Waals surface area contributed by atoms with Crippen molar-refractivity contribution in [2.45, 2.75) is 13.1 Å². The maximum absolute atomic E-state index is 15.2. The second-order valence-corrected chi connectivity index (χ2v) is 8.00. The fraction of sp³-hybridized carbons (Fsp3) is 0.318. The molecule has 0 unspecified atom stereocenters. The summed E-state index contributed by atoms with van der Waals surface area (Å²) in [7, 11) is 1.47. The highest BCUT2D eigenvalue weighted by Crippen LogP contribution is 2.33. The number of benzene rings is 1. The molecule has 0 spiro atoms. The van der Waals surface area contributed by atoms with E-state index in [9.17, 15) is 14.0 Å². The van der Waals surface area contributed by atoms with Gasteiger partial charge in [0, 0.05) is 56.9 Å². The van der Waals surface area contributed by atoms with Crippen molar-refractivity contribution in [1.82, 2.24) is 19.8 Å². The molecule has 0 bridgehead atoms. The van der Waals surface area contributed by atoms with Crippen molar-refractivity contribution >= 4 is 34.1 Å². The van der Waals surface area contributed by atoms with Crippen molar-refractivity contribution in [1.29, 1.82) is 0 Å². The summed E-state index contributed by atoms with van der Waals surface area (Å²) in [5, 5.41) is 5.98. The maximum Gasteiger partial charge on any atom is 0.269 e. The van der Waals surface area contributed by atoms with Gasteiger partial charge in [-0.15, -0.1) is 0 Å². The van der Waals surface area contributed by atoms with E-state index in [0.29, 0.717) is 49.5 Å². The molecule has 1 fully saturated rings. The average Bonchev–Trinajstić information content (AvgIpc) is 3.19. The van der Waals surface area contributed by atoms with Crippen LogP contribution in [-0.4, -0.2) is 59.5 Å². The molecule has 4 heterocycles. The first-order valence-corrected chi connectivity index (χ1v) is 10.4. The number of hydrogen-bond donors (Lipinski definition) is 2. The zero-order valence-electron chi connectivity index (χ0n) is 17.5. The molecule has 2 aliphatic heterocycles. The van der Waals surface area contributed by atoms with Gasteiger partial charge in [-0.25, -0.2) is 9.37 Å². The number of rotatable bonds is 4. The summed E-state index contributed by atoms with van der Waals surface area (Å²) < 4.78 is 31.4. The quantitative estimate of drug-likeness (QED) is 0.606. The summed E-state index contributed by atoms with van der Waals surface area (Å²) in [6.07, 6.45) is 1.80. The topological polar surface area (TPSA) is 82.5 Å². The number of halogens is 2. The van der Waals surface area contributed by atoms with Crippen LogP contribution in [0.4, 0.5) is 20.2 Å². The Morgan fingerprint density at radius 2 is 1.97 bits per heavy atom. The molecule has 8 nitrogen and oxygen atoms in total. The van der Waals surface area contributed by atoms with E-state index in [-0.39, 0.29) is 23.8 Å². The third-order valence-corrected chi connectivity index (χ3v) is 6.04. The average molecular weight is 440 g/mol. The minimum atomic E-state index is -0.685. The van der Waals surface area contributed by atoms with Crippen LogP contribution in [0.2, 0.25) is 0 Å². The summed E-state index contributed by atoms with van der Waals surface area (Å²) >= 11 is 0. The molecule has 2 N–H and O–H groups in total. The number of carbonyl (C=O) groups is 2. The Bertz CT molecular complexity index is 1230. The van der Waals surface area contributed by atoms with Gasteiger partial charge in [-0.1, -0.05) is 0 Å². The molecule has 3 aromatic rings. The Morgan fingerprint density at radius 1 is 1.19 bits per heavy atom. The van der Waals surface area contributed by atoms with Gasteiger partial charge >= 0.3 is 0 Å². The maximum atomic E-state index is 15.2. The highest BCUT2D eigenvalue weighted by atomic mass is 19.1. The number of pyridine rings is 1. The molecule has 0 saturated carbocycles. The van der Waals surface area contributed by atoms with Gasteiger partial charge in [0.05, 0.1) is 11.2 Å². The minimum Gasteiger partial charge on any atom is -0.365 e. The first-order chi connectivity index (χ1) is 15.4. The Labute approximate surface area is 182 Å². The predicted octanol–water partition coefficient (Wildman–Crippen LogP) is 1.95. The van der Waals surface area contributed by atoms with Crippen molar-refractivity contribution in [3.05, 3.63) is 53.5 Å². The number of nitrogens with one attached hydrogen (secondary N) is 2. The number of hydrogen-bond acceptors (Lipinski definition) is 5. The summed E-state index contributed by atoms with van der Waals surface area (Å²) in [6, 6.07) is 6.78. The lowest BCUT2D eigenvalue weighted by Gasteiger charge is -2.36. The third kappa shape index (κ3) is 3.46. The minimum absolute atomic E-state index is 0.0307. The Kier molecular flexibility index (Phi) is 5.01. The molecule has 32 heavy (non-hydrogen) atoms. The van der Waals surface area contributed by atoms with E-state index in [1.165, 1.54) is 13.1 Å². The molecule has 2 aliphatic rings. The van der Waals surface area contributed by atoms with Gasteiger partial charge in [-0.05, 0) is 24.3 Å². The molecule has 5 rings (SSSR count). The van der Waals surface area contributed by atoms with Crippen LogP contribution in [0.1, 0.15) is 16.1 Å². The van der Waals surface area contributed by atoms with Crippen LogP contribution in [-0.2, 0) is 17.9 Å². The molecule has 1 aromatic carbocycles. The van der Waals surface area contributed by atoms with Gasteiger partial charge in [0.25, 0.3) is 5.91 Å². The van der Waals surface area contributed by atoms with Crippen molar-refractivity contribution in [2.24, 2.45) is 0 Å². The Balaban J connectivity index is 1.30. The van der Waals surface area contributed by atoms with E-state index >= 15 is 4.39 Å². The summed E-state index contributed by atoms with van der Waals surface area (Å²) in [4.78, 5) is 31.3. The lowest BCUT2D eigenvalue weighted by molar-refractivity contribution is -0.116. The van der Waals surface area contributed by atoms with Crippen molar-refractivity contribution in [2.75, 3.05) is 43.4 Å². The smallest absolute Gasteiger partial charge is 0.269 e. The van der Waals surface area contributed by atoms with Gasteiger partial charge in [0.2, 0.25) is 11.9 Å². The van der Waals surface area contributed by atoms with Crippen LogP contribution >= 0.6 is 0 Å². The number of aromatic nitrogens is 2. The number of carbonyl (C=O) groups excluding carboxylic acids is 2. The fourth-order valence-electron chi connectivity index (χ4n) is 4.41. The van der Waals surface area contributed by atoms with Crippen LogP contribution in [0.5, 0.6) is 0 Å². The summed E-state index contributed by atoms with van der Waals surface area (Å²) in [5.74, 6) is -1.77. The summed E-state index contributed by atoms with van der Waals surface area (Å²) in [6.45, 7) is 2.88. The first kappa shape index (κ1) is 20.4. The van der Waals surface area contributed by atoms with Gasteiger partial charge in [-0.3, -0.25) is 14.5 Å². The Morgan fingerprint density at radius 3 is 2.69 bits per heavy atom. The van der Waals surface area contributed by atoms with Gasteiger partial charge < -0.3 is 20.1 Å². The van der Waals surface area contributed by atoms with Crippen molar-refractivity contribution < 1.29 is 18.4 Å². The number of anilines is 2. The third-order valence-electron chi connectivity index (χ3n) is 6.04. The van der Waals surface area contributed by atoms with Crippen LogP contribution in [0.3, 0.4) is 0 Å². The number of piperazine rings is 1. The number of nitrogens with zero attached hydrogens (tertiary/aromatic N) is 4. The predicted molar refractivity (Wildman–Crippen MR) is 116 cm³/mol. The lowest BCUT2D eigenvalue weighted by Crippen LogP contribution is -2.46. The second kappa shape index (κ2) is 7.86. The SMILES string of the molecule is CNC(=O)c1ccc(N2CCN(Cc3cc4ccn5c4c(c3F)NC(=O)C5)CC2)c(F)n1. The zero-order chi connectivity index (χ0) is 22.4. The Hall–Kier alpha value is -3.53. The van der Waals surface area contributed by atoms with Crippen LogP contribution in [0, 0.1) is 11.8 Å². The lowest BCUT2D eigenvalue weighted by atomic mass is 10.1. The number of amides is 2. The molecular formula is C22H22F2N6O2. The van der Waals surface area contributed by atoms with E-state index < -0.39 is 17.7 Å². The molecule has 166 valence electrons. The zero-order valence-corrected chi connectivity index (χ0v) is 17.5. The van der Waals surface area contributed by atoms with E-state index in [1.807, 2.05) is 17.0 Å².